The Kier molecular flexibility index (Phi) is 6.05. The molecule has 1 saturated carbocycles. The maximum Gasteiger partial charge on any atom is 0.250 e. The largest absolute Gasteiger partial charge is 0.351 e. The summed E-state index contributed by atoms with van der Waals surface area (Å²) in [5.74, 6) is 0.259. The first kappa shape index (κ1) is 15.7. The fraction of sp³-hybridized carbons (Fsp3) is 0.538. The molecule has 0 spiro atoms. The molecule has 1 aromatic heterocycles. The summed E-state index contributed by atoms with van der Waals surface area (Å²) in [7, 11) is 0. The SMILES string of the molecule is Cl.NCC1CCCC1NC(=O)Cn1ccccc1=O. The average molecular weight is 286 g/mol. The number of halogens is 1. The van der Waals surface area contributed by atoms with E-state index in [1.54, 1.807) is 18.3 Å². The molecule has 1 fully saturated rings. The number of aromatic nitrogens is 1. The van der Waals surface area contributed by atoms with Crippen molar-refractivity contribution in [3.8, 4) is 0 Å². The van der Waals surface area contributed by atoms with E-state index in [9.17, 15) is 9.59 Å². The molecule has 5 nitrogen and oxygen atoms in total. The minimum atomic E-state index is -0.158. The Morgan fingerprint density at radius 3 is 2.89 bits per heavy atom. The van der Waals surface area contributed by atoms with Gasteiger partial charge in [0.1, 0.15) is 6.54 Å². The maximum atomic E-state index is 11.9. The van der Waals surface area contributed by atoms with Crippen molar-refractivity contribution in [2.45, 2.75) is 31.8 Å². The third kappa shape index (κ3) is 4.08. The van der Waals surface area contributed by atoms with E-state index in [2.05, 4.69) is 5.32 Å². The Bertz CT molecular complexity index is 475. The van der Waals surface area contributed by atoms with Crippen LogP contribution < -0.4 is 16.6 Å². The van der Waals surface area contributed by atoms with Gasteiger partial charge in [-0.15, -0.1) is 12.4 Å². The number of hydrogen-bond donors (Lipinski definition) is 2. The predicted octanol–water partition coefficient (Wildman–Crippen LogP) is 0.514. The van der Waals surface area contributed by atoms with Crippen molar-refractivity contribution in [3.63, 3.8) is 0 Å². The molecule has 0 aliphatic heterocycles. The van der Waals surface area contributed by atoms with E-state index < -0.39 is 0 Å². The summed E-state index contributed by atoms with van der Waals surface area (Å²) < 4.78 is 1.40. The lowest BCUT2D eigenvalue weighted by molar-refractivity contribution is -0.122. The highest BCUT2D eigenvalue weighted by Crippen LogP contribution is 2.24. The fourth-order valence-electron chi connectivity index (χ4n) is 2.51. The number of carbonyl (C=O) groups is 1. The van der Waals surface area contributed by atoms with Crippen LogP contribution in [0.1, 0.15) is 19.3 Å². The van der Waals surface area contributed by atoms with Gasteiger partial charge in [0.05, 0.1) is 0 Å². The second-order valence-electron chi connectivity index (χ2n) is 4.77. The van der Waals surface area contributed by atoms with E-state index in [4.69, 9.17) is 5.73 Å². The van der Waals surface area contributed by atoms with Crippen molar-refractivity contribution in [3.05, 3.63) is 34.7 Å². The van der Waals surface area contributed by atoms with Crippen molar-refractivity contribution < 1.29 is 4.79 Å². The van der Waals surface area contributed by atoms with Crippen LogP contribution in [0.2, 0.25) is 0 Å². The lowest BCUT2D eigenvalue weighted by atomic mass is 10.0. The third-order valence-corrected chi connectivity index (χ3v) is 3.52. The number of rotatable bonds is 4. The summed E-state index contributed by atoms with van der Waals surface area (Å²) >= 11 is 0. The van der Waals surface area contributed by atoms with E-state index in [0.29, 0.717) is 12.5 Å². The molecule has 0 saturated heterocycles. The van der Waals surface area contributed by atoms with Gasteiger partial charge in [-0.25, -0.2) is 0 Å². The van der Waals surface area contributed by atoms with Gasteiger partial charge in [0, 0.05) is 18.3 Å². The first-order valence-corrected chi connectivity index (χ1v) is 6.35. The van der Waals surface area contributed by atoms with Gasteiger partial charge in [-0.05, 0) is 31.4 Å². The Labute approximate surface area is 118 Å². The topological polar surface area (TPSA) is 77.1 Å². The van der Waals surface area contributed by atoms with Crippen molar-refractivity contribution in [1.29, 1.82) is 0 Å². The van der Waals surface area contributed by atoms with Crippen LogP contribution in [0.15, 0.2) is 29.2 Å². The summed E-state index contributed by atoms with van der Waals surface area (Å²) in [4.78, 5) is 23.3. The van der Waals surface area contributed by atoms with Crippen LogP contribution in [0.25, 0.3) is 0 Å². The quantitative estimate of drug-likeness (QED) is 0.846. The molecular weight excluding hydrogens is 266 g/mol. The predicted molar refractivity (Wildman–Crippen MR) is 76.3 cm³/mol. The lowest BCUT2D eigenvalue weighted by Gasteiger charge is -2.19. The molecule has 6 heteroatoms. The molecule has 0 aromatic carbocycles. The number of nitrogens with two attached hydrogens (primary N) is 1. The summed E-state index contributed by atoms with van der Waals surface area (Å²) in [6.45, 7) is 0.684. The number of nitrogens with zero attached hydrogens (tertiary/aromatic N) is 1. The normalized spacial score (nSPS) is 21.7. The van der Waals surface area contributed by atoms with Crippen LogP contribution >= 0.6 is 12.4 Å². The smallest absolute Gasteiger partial charge is 0.250 e. The average Bonchev–Trinajstić information content (AvgIpc) is 2.79. The molecular formula is C13H20ClN3O2. The van der Waals surface area contributed by atoms with Crippen LogP contribution in [0, 0.1) is 5.92 Å². The molecule has 106 valence electrons. The highest BCUT2D eigenvalue weighted by Gasteiger charge is 2.27. The van der Waals surface area contributed by atoms with Gasteiger partial charge in [0.2, 0.25) is 5.91 Å². The maximum absolute atomic E-state index is 11.9. The van der Waals surface area contributed by atoms with Crippen LogP contribution in [0.5, 0.6) is 0 Å². The Morgan fingerprint density at radius 2 is 2.21 bits per heavy atom. The zero-order valence-corrected chi connectivity index (χ0v) is 11.6. The van der Waals surface area contributed by atoms with E-state index in [1.807, 2.05) is 0 Å². The van der Waals surface area contributed by atoms with E-state index in [-0.39, 0.29) is 36.5 Å². The molecule has 1 aliphatic rings. The highest BCUT2D eigenvalue weighted by atomic mass is 35.5. The minimum Gasteiger partial charge on any atom is -0.351 e. The second kappa shape index (κ2) is 7.31. The zero-order chi connectivity index (χ0) is 13.0. The first-order chi connectivity index (χ1) is 8.70. The van der Waals surface area contributed by atoms with Crippen molar-refractivity contribution in [1.82, 2.24) is 9.88 Å². The number of carbonyl (C=O) groups excluding carboxylic acids is 1. The molecule has 3 N–H and O–H groups in total. The molecule has 1 amide bonds. The number of hydrogen-bond acceptors (Lipinski definition) is 3. The van der Waals surface area contributed by atoms with Gasteiger partial charge >= 0.3 is 0 Å². The van der Waals surface area contributed by atoms with Crippen molar-refractivity contribution in [2.75, 3.05) is 6.54 Å². The monoisotopic (exact) mass is 285 g/mol. The van der Waals surface area contributed by atoms with Crippen LogP contribution in [0.3, 0.4) is 0 Å². The lowest BCUT2D eigenvalue weighted by Crippen LogP contribution is -2.42. The first-order valence-electron chi connectivity index (χ1n) is 6.35. The molecule has 1 aliphatic carbocycles. The van der Waals surface area contributed by atoms with E-state index in [0.717, 1.165) is 19.3 Å². The zero-order valence-electron chi connectivity index (χ0n) is 10.7. The summed E-state index contributed by atoms with van der Waals surface area (Å²) in [5.41, 5.74) is 5.51. The molecule has 1 heterocycles. The summed E-state index contributed by atoms with van der Waals surface area (Å²) in [6, 6.07) is 5.03. The van der Waals surface area contributed by atoms with Gasteiger partial charge in [-0.1, -0.05) is 12.5 Å². The van der Waals surface area contributed by atoms with Gasteiger partial charge in [0.15, 0.2) is 0 Å². The van der Waals surface area contributed by atoms with Gasteiger partial charge < -0.3 is 15.6 Å². The summed E-state index contributed by atoms with van der Waals surface area (Å²) in [5, 5.41) is 2.98. The summed E-state index contributed by atoms with van der Waals surface area (Å²) in [6.07, 6.45) is 4.79. The van der Waals surface area contributed by atoms with Gasteiger partial charge in [-0.3, -0.25) is 9.59 Å². The van der Waals surface area contributed by atoms with Crippen LogP contribution in [-0.2, 0) is 11.3 Å². The highest BCUT2D eigenvalue weighted by molar-refractivity contribution is 5.85. The Balaban J connectivity index is 0.00000180. The molecule has 2 unspecified atom stereocenters. The molecule has 0 radical (unpaired) electrons. The Morgan fingerprint density at radius 1 is 1.42 bits per heavy atom. The van der Waals surface area contributed by atoms with Crippen molar-refractivity contribution in [2.24, 2.45) is 11.7 Å². The van der Waals surface area contributed by atoms with Gasteiger partial charge in [-0.2, -0.15) is 0 Å². The van der Waals surface area contributed by atoms with Crippen molar-refractivity contribution >= 4 is 18.3 Å². The molecule has 0 bridgehead atoms. The standard InChI is InChI=1S/C13H19N3O2.ClH/c14-8-10-4-3-5-11(10)15-12(17)9-16-7-2-1-6-13(16)18;/h1-2,6-7,10-11H,3-5,8-9,14H2,(H,15,17);1H. The number of amides is 1. The van der Waals surface area contributed by atoms with E-state index >= 15 is 0 Å². The van der Waals surface area contributed by atoms with Crippen LogP contribution in [-0.4, -0.2) is 23.1 Å². The van der Waals surface area contributed by atoms with Crippen LogP contribution in [0.4, 0.5) is 0 Å². The molecule has 2 atom stereocenters. The van der Waals surface area contributed by atoms with E-state index in [1.165, 1.54) is 10.6 Å². The fourth-order valence-corrected chi connectivity index (χ4v) is 2.51. The van der Waals surface area contributed by atoms with Gasteiger partial charge in [0.25, 0.3) is 5.56 Å². The molecule has 19 heavy (non-hydrogen) atoms. The molecule has 2 rings (SSSR count). The second-order valence-corrected chi connectivity index (χ2v) is 4.77. The number of pyridine rings is 1. The molecule has 1 aromatic rings. The third-order valence-electron chi connectivity index (χ3n) is 3.52. The minimum absolute atomic E-state index is 0. The Hall–Kier alpha value is -1.33. The number of nitrogens with one attached hydrogen (secondary N) is 1.